The molecule has 0 unspecified atom stereocenters. The molecule has 2 saturated heterocycles. The smallest absolute Gasteiger partial charge is 0.278 e. The molecule has 0 spiro atoms. The maximum Gasteiger partial charge on any atom is 0.278 e. The van der Waals surface area contributed by atoms with Gasteiger partial charge in [-0.15, -0.1) is 0 Å². The Morgan fingerprint density at radius 2 is 1.85 bits per heavy atom. The fraction of sp³-hybridized carbons (Fsp3) is 0.611. The van der Waals surface area contributed by atoms with Crippen LogP contribution in [-0.4, -0.2) is 57.5 Å². The second kappa shape index (κ2) is 7.95. The fourth-order valence-corrected chi connectivity index (χ4v) is 6.19. The standard InChI is InChI=1S/C18H26ClN3O4S/c1-26-15-6-5-14(19)13-16(15)27(24,25)22-11-7-18(8-12-22,17(20)23)21-9-3-2-4-10-21/h5-6,13H,2-4,7-12H2,1H3,(H2,20,23)/p+1. The molecule has 150 valence electrons. The zero-order chi connectivity index (χ0) is 19.7. The van der Waals surface area contributed by atoms with Gasteiger partial charge in [0, 0.05) is 31.0 Å². The second-order valence-electron chi connectivity index (χ2n) is 7.31. The summed E-state index contributed by atoms with van der Waals surface area (Å²) in [6.45, 7) is 2.34. The summed E-state index contributed by atoms with van der Waals surface area (Å²) < 4.78 is 32.9. The number of likely N-dealkylation sites (tertiary alicyclic amines) is 1. The Morgan fingerprint density at radius 1 is 1.22 bits per heavy atom. The van der Waals surface area contributed by atoms with Crippen LogP contribution in [0, 0.1) is 0 Å². The first-order valence-corrected chi connectivity index (χ1v) is 11.1. The molecule has 3 rings (SSSR count). The van der Waals surface area contributed by atoms with Crippen molar-refractivity contribution in [2.45, 2.75) is 42.5 Å². The van der Waals surface area contributed by atoms with Crippen LogP contribution in [0.4, 0.5) is 0 Å². The number of ether oxygens (including phenoxy) is 1. The fourth-order valence-electron chi connectivity index (χ4n) is 4.33. The van der Waals surface area contributed by atoms with Crippen LogP contribution in [0.2, 0.25) is 5.02 Å². The number of quaternary nitrogens is 1. The normalized spacial score (nSPS) is 21.7. The van der Waals surface area contributed by atoms with Crippen LogP contribution < -0.4 is 15.4 Å². The van der Waals surface area contributed by atoms with Gasteiger partial charge in [-0.1, -0.05) is 11.6 Å². The number of primary amides is 1. The first kappa shape index (κ1) is 20.4. The van der Waals surface area contributed by atoms with Gasteiger partial charge < -0.3 is 15.4 Å². The van der Waals surface area contributed by atoms with E-state index < -0.39 is 15.6 Å². The molecular formula is C18H27ClN3O4S+. The van der Waals surface area contributed by atoms with Crippen LogP contribution in [0.25, 0.3) is 0 Å². The lowest BCUT2D eigenvalue weighted by atomic mass is 9.84. The number of nitrogens with two attached hydrogens (primary N) is 1. The topological polar surface area (TPSA) is 94.1 Å². The largest absolute Gasteiger partial charge is 0.495 e. The average Bonchev–Trinajstić information content (AvgIpc) is 2.68. The molecule has 9 heteroatoms. The molecule has 0 aromatic heterocycles. The molecule has 1 aromatic rings. The Balaban J connectivity index is 1.83. The number of sulfonamides is 1. The van der Waals surface area contributed by atoms with Crippen LogP contribution in [-0.2, 0) is 14.8 Å². The second-order valence-corrected chi connectivity index (χ2v) is 9.65. The molecule has 0 saturated carbocycles. The van der Waals surface area contributed by atoms with Gasteiger partial charge in [-0.3, -0.25) is 4.79 Å². The number of nitrogens with zero attached hydrogens (tertiary/aromatic N) is 1. The van der Waals surface area contributed by atoms with Crippen molar-refractivity contribution < 1.29 is 22.8 Å². The molecule has 1 aromatic carbocycles. The first-order chi connectivity index (χ1) is 12.8. The van der Waals surface area contributed by atoms with Crippen molar-refractivity contribution in [3.8, 4) is 5.75 Å². The highest BCUT2D eigenvalue weighted by atomic mass is 35.5. The Hall–Kier alpha value is -1.35. The Labute approximate surface area is 165 Å². The van der Waals surface area contributed by atoms with E-state index >= 15 is 0 Å². The van der Waals surface area contributed by atoms with Gasteiger partial charge in [-0.2, -0.15) is 4.31 Å². The van der Waals surface area contributed by atoms with E-state index in [4.69, 9.17) is 22.1 Å². The third-order valence-electron chi connectivity index (χ3n) is 5.93. The van der Waals surface area contributed by atoms with Crippen molar-refractivity contribution >= 4 is 27.5 Å². The number of amides is 1. The number of piperidine rings is 2. The molecule has 0 radical (unpaired) electrons. The van der Waals surface area contributed by atoms with Gasteiger partial charge in [0.25, 0.3) is 5.91 Å². The number of carbonyl (C=O) groups excluding carboxylic acids is 1. The van der Waals surface area contributed by atoms with E-state index in [9.17, 15) is 13.2 Å². The molecular weight excluding hydrogens is 390 g/mol. The highest BCUT2D eigenvalue weighted by Crippen LogP contribution is 2.32. The Bertz CT molecular complexity index is 801. The van der Waals surface area contributed by atoms with Crippen LogP contribution in [0.3, 0.4) is 0 Å². The lowest BCUT2D eigenvalue weighted by molar-refractivity contribution is -0.948. The minimum absolute atomic E-state index is 0.0504. The number of halogens is 1. The average molecular weight is 417 g/mol. The van der Waals surface area contributed by atoms with Crippen molar-refractivity contribution in [3.63, 3.8) is 0 Å². The molecule has 1 amide bonds. The number of benzene rings is 1. The van der Waals surface area contributed by atoms with E-state index in [1.165, 1.54) is 28.8 Å². The summed E-state index contributed by atoms with van der Waals surface area (Å²) in [6.07, 6.45) is 4.19. The van der Waals surface area contributed by atoms with Crippen LogP contribution in [0.1, 0.15) is 32.1 Å². The lowest BCUT2D eigenvalue weighted by Crippen LogP contribution is -3.22. The summed E-state index contributed by atoms with van der Waals surface area (Å²) >= 11 is 6.00. The number of hydrogen-bond acceptors (Lipinski definition) is 4. The molecule has 27 heavy (non-hydrogen) atoms. The summed E-state index contributed by atoms with van der Waals surface area (Å²) in [5.74, 6) is -0.0652. The Kier molecular flexibility index (Phi) is 6.00. The number of carbonyl (C=O) groups is 1. The predicted octanol–water partition coefficient (Wildman–Crippen LogP) is 0.426. The third-order valence-corrected chi connectivity index (χ3v) is 8.08. The van der Waals surface area contributed by atoms with Crippen molar-refractivity contribution in [1.29, 1.82) is 0 Å². The van der Waals surface area contributed by atoms with Gasteiger partial charge in [0.15, 0.2) is 5.54 Å². The zero-order valence-corrected chi connectivity index (χ0v) is 17.1. The number of nitrogens with one attached hydrogen (secondary N) is 1. The van der Waals surface area contributed by atoms with E-state index in [1.54, 1.807) is 12.1 Å². The number of methoxy groups -OCH3 is 1. The van der Waals surface area contributed by atoms with Gasteiger partial charge >= 0.3 is 0 Å². The molecule has 2 aliphatic heterocycles. The van der Waals surface area contributed by atoms with Crippen LogP contribution in [0.5, 0.6) is 5.75 Å². The molecule has 0 aliphatic carbocycles. The summed E-state index contributed by atoms with van der Waals surface area (Å²) in [4.78, 5) is 13.6. The summed E-state index contributed by atoms with van der Waals surface area (Å²) in [6, 6.07) is 4.54. The van der Waals surface area contributed by atoms with Crippen molar-refractivity contribution in [2.24, 2.45) is 5.73 Å². The van der Waals surface area contributed by atoms with E-state index in [0.29, 0.717) is 17.9 Å². The maximum atomic E-state index is 13.1. The summed E-state index contributed by atoms with van der Waals surface area (Å²) in [7, 11) is -2.34. The molecule has 3 N–H and O–H groups in total. The number of hydrogen-bond donors (Lipinski definition) is 2. The van der Waals surface area contributed by atoms with Gasteiger partial charge in [0.2, 0.25) is 10.0 Å². The van der Waals surface area contributed by atoms with E-state index in [1.807, 2.05) is 0 Å². The van der Waals surface area contributed by atoms with Gasteiger partial charge in [0.1, 0.15) is 10.6 Å². The molecule has 7 nitrogen and oxygen atoms in total. The molecule has 0 bridgehead atoms. The zero-order valence-electron chi connectivity index (χ0n) is 15.5. The van der Waals surface area contributed by atoms with E-state index in [0.717, 1.165) is 25.9 Å². The van der Waals surface area contributed by atoms with E-state index in [-0.39, 0.29) is 29.6 Å². The van der Waals surface area contributed by atoms with Gasteiger partial charge in [-0.25, -0.2) is 8.42 Å². The molecule has 0 atom stereocenters. The molecule has 2 aliphatic rings. The van der Waals surface area contributed by atoms with E-state index in [2.05, 4.69) is 0 Å². The highest BCUT2D eigenvalue weighted by molar-refractivity contribution is 7.89. The summed E-state index contributed by atoms with van der Waals surface area (Å²) in [5, 5.41) is 0.329. The van der Waals surface area contributed by atoms with Crippen LogP contribution >= 0.6 is 11.6 Å². The predicted molar refractivity (Wildman–Crippen MR) is 102 cm³/mol. The van der Waals surface area contributed by atoms with Crippen LogP contribution in [0.15, 0.2) is 23.1 Å². The van der Waals surface area contributed by atoms with Crippen molar-refractivity contribution in [2.75, 3.05) is 33.3 Å². The van der Waals surface area contributed by atoms with Crippen molar-refractivity contribution in [3.05, 3.63) is 23.2 Å². The summed E-state index contributed by atoms with van der Waals surface area (Å²) in [5.41, 5.74) is 5.12. The quantitative estimate of drug-likeness (QED) is 0.727. The highest BCUT2D eigenvalue weighted by Gasteiger charge is 2.50. The lowest BCUT2D eigenvalue weighted by Gasteiger charge is -2.44. The van der Waals surface area contributed by atoms with Gasteiger partial charge in [-0.05, 0) is 37.5 Å². The minimum Gasteiger partial charge on any atom is -0.495 e. The molecule has 2 heterocycles. The first-order valence-electron chi connectivity index (χ1n) is 9.30. The molecule has 2 fully saturated rings. The number of rotatable bonds is 5. The monoisotopic (exact) mass is 416 g/mol. The maximum absolute atomic E-state index is 13.1. The third kappa shape index (κ3) is 3.81. The van der Waals surface area contributed by atoms with Crippen molar-refractivity contribution in [1.82, 2.24) is 4.31 Å². The van der Waals surface area contributed by atoms with Gasteiger partial charge in [0.05, 0.1) is 20.2 Å². The minimum atomic E-state index is -3.77. The Morgan fingerprint density at radius 3 is 2.41 bits per heavy atom. The SMILES string of the molecule is COc1ccc(Cl)cc1S(=O)(=O)N1CCC(C(N)=O)([NH+]2CCCCC2)CC1.